The van der Waals surface area contributed by atoms with E-state index in [1.165, 1.54) is 21.9 Å². The summed E-state index contributed by atoms with van der Waals surface area (Å²) < 4.78 is 0. The standard InChI is InChI=1S/C23H23NO/c1-16-7-6-10-19(17(16)2)13-14-23(25)24-18(3)21-12-11-20-8-4-5-9-22(20)15-21/h4-15,18H,1-3H3,(H,24,25)/b14-13+. The molecule has 1 atom stereocenters. The molecule has 1 amide bonds. The summed E-state index contributed by atoms with van der Waals surface area (Å²) in [6.45, 7) is 6.16. The first kappa shape index (κ1) is 17.0. The lowest BCUT2D eigenvalue weighted by Gasteiger charge is -2.14. The predicted molar refractivity (Wildman–Crippen MR) is 105 cm³/mol. The molecule has 0 bridgehead atoms. The SMILES string of the molecule is Cc1cccc(/C=C/C(=O)NC(C)c2ccc3ccccc3c2)c1C. The smallest absolute Gasteiger partial charge is 0.244 e. The Labute approximate surface area is 149 Å². The number of amides is 1. The average molecular weight is 329 g/mol. The second-order valence-corrected chi connectivity index (χ2v) is 6.46. The van der Waals surface area contributed by atoms with Crippen LogP contribution in [0.15, 0.2) is 66.7 Å². The molecule has 0 fully saturated rings. The Balaban J connectivity index is 1.71. The third kappa shape index (κ3) is 3.97. The highest BCUT2D eigenvalue weighted by Gasteiger charge is 2.08. The normalized spacial score (nSPS) is 12.4. The van der Waals surface area contributed by atoms with E-state index in [9.17, 15) is 4.79 Å². The van der Waals surface area contributed by atoms with Gasteiger partial charge in [-0.3, -0.25) is 4.79 Å². The van der Waals surface area contributed by atoms with Crippen molar-refractivity contribution >= 4 is 22.8 Å². The van der Waals surface area contributed by atoms with Gasteiger partial charge in [-0.05, 0) is 65.9 Å². The van der Waals surface area contributed by atoms with Crippen LogP contribution in [0.1, 0.15) is 35.2 Å². The van der Waals surface area contributed by atoms with Crippen molar-refractivity contribution in [3.63, 3.8) is 0 Å². The first-order valence-corrected chi connectivity index (χ1v) is 8.58. The molecule has 2 heteroatoms. The molecule has 1 N–H and O–H groups in total. The van der Waals surface area contributed by atoms with Crippen LogP contribution in [0.25, 0.3) is 16.8 Å². The number of hydrogen-bond donors (Lipinski definition) is 1. The first-order valence-electron chi connectivity index (χ1n) is 8.58. The molecule has 0 aliphatic carbocycles. The van der Waals surface area contributed by atoms with E-state index >= 15 is 0 Å². The molecule has 0 saturated heterocycles. The summed E-state index contributed by atoms with van der Waals surface area (Å²) in [4.78, 5) is 12.3. The van der Waals surface area contributed by atoms with E-state index in [0.717, 1.165) is 11.1 Å². The zero-order valence-electron chi connectivity index (χ0n) is 14.9. The highest BCUT2D eigenvalue weighted by Crippen LogP contribution is 2.20. The lowest BCUT2D eigenvalue weighted by atomic mass is 10.0. The molecule has 2 nitrogen and oxygen atoms in total. The van der Waals surface area contributed by atoms with Crippen LogP contribution in [-0.4, -0.2) is 5.91 Å². The van der Waals surface area contributed by atoms with Crippen molar-refractivity contribution in [2.24, 2.45) is 0 Å². The zero-order valence-corrected chi connectivity index (χ0v) is 14.9. The van der Waals surface area contributed by atoms with Crippen molar-refractivity contribution in [3.05, 3.63) is 89.0 Å². The summed E-state index contributed by atoms with van der Waals surface area (Å²) in [5, 5.41) is 5.43. The van der Waals surface area contributed by atoms with Gasteiger partial charge >= 0.3 is 0 Å². The molecular formula is C23H23NO. The average Bonchev–Trinajstić information content (AvgIpc) is 2.62. The molecule has 3 aromatic carbocycles. The van der Waals surface area contributed by atoms with Crippen LogP contribution in [-0.2, 0) is 4.79 Å². The highest BCUT2D eigenvalue weighted by atomic mass is 16.1. The van der Waals surface area contributed by atoms with Crippen molar-refractivity contribution in [2.75, 3.05) is 0 Å². The molecule has 25 heavy (non-hydrogen) atoms. The van der Waals surface area contributed by atoms with Gasteiger partial charge in [-0.2, -0.15) is 0 Å². The van der Waals surface area contributed by atoms with Crippen molar-refractivity contribution in [1.29, 1.82) is 0 Å². The van der Waals surface area contributed by atoms with Gasteiger partial charge in [0, 0.05) is 6.08 Å². The van der Waals surface area contributed by atoms with Crippen molar-refractivity contribution in [3.8, 4) is 0 Å². The third-order valence-corrected chi connectivity index (χ3v) is 4.69. The number of carbonyl (C=O) groups is 1. The highest BCUT2D eigenvalue weighted by molar-refractivity contribution is 5.92. The Kier molecular flexibility index (Phi) is 4.99. The van der Waals surface area contributed by atoms with E-state index in [1.54, 1.807) is 6.08 Å². The summed E-state index contributed by atoms with van der Waals surface area (Å²) in [6, 6.07) is 20.6. The van der Waals surface area contributed by atoms with E-state index < -0.39 is 0 Å². The lowest BCUT2D eigenvalue weighted by Crippen LogP contribution is -2.24. The summed E-state index contributed by atoms with van der Waals surface area (Å²) in [5.41, 5.74) is 4.61. The van der Waals surface area contributed by atoms with E-state index in [1.807, 2.05) is 37.3 Å². The van der Waals surface area contributed by atoms with Gasteiger partial charge in [-0.25, -0.2) is 0 Å². The third-order valence-electron chi connectivity index (χ3n) is 4.69. The summed E-state index contributed by atoms with van der Waals surface area (Å²) in [5.74, 6) is -0.0819. The minimum atomic E-state index is -0.0819. The largest absolute Gasteiger partial charge is 0.346 e. The molecule has 0 radical (unpaired) electrons. The maximum absolute atomic E-state index is 12.3. The molecule has 0 aliphatic rings. The fraction of sp³-hybridized carbons (Fsp3) is 0.174. The first-order chi connectivity index (χ1) is 12.0. The van der Waals surface area contributed by atoms with E-state index in [4.69, 9.17) is 0 Å². The minimum absolute atomic E-state index is 0.0413. The van der Waals surface area contributed by atoms with Crippen LogP contribution in [0, 0.1) is 13.8 Å². The second kappa shape index (κ2) is 7.35. The molecular weight excluding hydrogens is 306 g/mol. The van der Waals surface area contributed by atoms with E-state index in [0.29, 0.717) is 0 Å². The molecule has 126 valence electrons. The van der Waals surface area contributed by atoms with Gasteiger partial charge in [0.15, 0.2) is 0 Å². The number of aryl methyl sites for hydroxylation is 1. The van der Waals surface area contributed by atoms with Crippen LogP contribution < -0.4 is 5.32 Å². The predicted octanol–water partition coefficient (Wildman–Crippen LogP) is 5.35. The van der Waals surface area contributed by atoms with Gasteiger partial charge in [0.25, 0.3) is 0 Å². The number of nitrogens with one attached hydrogen (secondary N) is 1. The van der Waals surface area contributed by atoms with Gasteiger partial charge in [0.1, 0.15) is 0 Å². The van der Waals surface area contributed by atoms with Crippen molar-refractivity contribution in [1.82, 2.24) is 5.32 Å². The molecule has 3 rings (SSSR count). The van der Waals surface area contributed by atoms with Gasteiger partial charge < -0.3 is 5.32 Å². The topological polar surface area (TPSA) is 29.1 Å². The van der Waals surface area contributed by atoms with Crippen molar-refractivity contribution < 1.29 is 4.79 Å². The number of carbonyl (C=O) groups excluding carboxylic acids is 1. The Morgan fingerprint density at radius 1 is 0.960 bits per heavy atom. The van der Waals surface area contributed by atoms with Crippen LogP contribution in [0.2, 0.25) is 0 Å². The second-order valence-electron chi connectivity index (χ2n) is 6.46. The molecule has 1 unspecified atom stereocenters. The van der Waals surface area contributed by atoms with Gasteiger partial charge in [0.2, 0.25) is 5.91 Å². The zero-order chi connectivity index (χ0) is 17.8. The number of hydrogen-bond acceptors (Lipinski definition) is 1. The van der Waals surface area contributed by atoms with E-state index in [2.05, 4.69) is 55.6 Å². The van der Waals surface area contributed by atoms with Gasteiger partial charge in [-0.1, -0.05) is 54.6 Å². The summed E-state index contributed by atoms with van der Waals surface area (Å²) in [6.07, 6.45) is 3.49. The lowest BCUT2D eigenvalue weighted by molar-refractivity contribution is -0.117. The van der Waals surface area contributed by atoms with Gasteiger partial charge in [-0.15, -0.1) is 0 Å². The van der Waals surface area contributed by atoms with Gasteiger partial charge in [0.05, 0.1) is 6.04 Å². The molecule has 0 heterocycles. The number of benzene rings is 3. The quantitative estimate of drug-likeness (QED) is 0.643. The Morgan fingerprint density at radius 3 is 2.52 bits per heavy atom. The molecule has 0 aliphatic heterocycles. The van der Waals surface area contributed by atoms with Crippen LogP contribution in [0.4, 0.5) is 0 Å². The van der Waals surface area contributed by atoms with Crippen LogP contribution in [0.3, 0.4) is 0 Å². The minimum Gasteiger partial charge on any atom is -0.346 e. The molecule has 0 spiro atoms. The Hall–Kier alpha value is -2.87. The molecule has 3 aromatic rings. The number of rotatable bonds is 4. The monoisotopic (exact) mass is 329 g/mol. The van der Waals surface area contributed by atoms with Crippen LogP contribution in [0.5, 0.6) is 0 Å². The van der Waals surface area contributed by atoms with Crippen LogP contribution >= 0.6 is 0 Å². The summed E-state index contributed by atoms with van der Waals surface area (Å²) in [7, 11) is 0. The molecule has 0 aromatic heterocycles. The Bertz CT molecular complexity index is 940. The maximum Gasteiger partial charge on any atom is 0.244 e. The Morgan fingerprint density at radius 2 is 1.72 bits per heavy atom. The fourth-order valence-corrected chi connectivity index (χ4v) is 2.94. The fourth-order valence-electron chi connectivity index (χ4n) is 2.94. The van der Waals surface area contributed by atoms with Crippen molar-refractivity contribution in [2.45, 2.75) is 26.8 Å². The van der Waals surface area contributed by atoms with E-state index in [-0.39, 0.29) is 11.9 Å². The number of fused-ring (bicyclic) bond motifs is 1. The molecule has 0 saturated carbocycles. The summed E-state index contributed by atoms with van der Waals surface area (Å²) >= 11 is 0. The maximum atomic E-state index is 12.3.